The molecular weight excluding hydrogens is 889 g/mol. The minimum absolute atomic E-state index is 0.469. The lowest BCUT2D eigenvalue weighted by Crippen LogP contribution is -2.18. The molecule has 0 aliphatic heterocycles. The molecule has 0 amide bonds. The van der Waals surface area contributed by atoms with Gasteiger partial charge < -0.3 is 18.9 Å². The molecule has 0 fully saturated rings. The van der Waals surface area contributed by atoms with Gasteiger partial charge >= 0.3 is 0 Å². The number of halogens is 4. The Hall–Kier alpha value is -8.88. The SMILES string of the molecule is CC1(C)c2cc(N(c3ccc(F)c(F)c3)c3ccc4c(c3)c3ccccc3n4-c3ccccc3)ccc2-c2ccc(N(c3ccc(F)c(F)c3)c3ccc4c(c3)c3ccccc3n4-c3ccccc3)cc21. The maximum Gasteiger partial charge on any atom is 0.160 e. The van der Waals surface area contributed by atoms with Gasteiger partial charge in [0.2, 0.25) is 0 Å². The first-order chi connectivity index (χ1) is 34.6. The van der Waals surface area contributed by atoms with Crippen LogP contribution in [0.5, 0.6) is 0 Å². The number of benzene rings is 10. The first-order valence-electron chi connectivity index (χ1n) is 23.6. The highest BCUT2D eigenvalue weighted by Gasteiger charge is 2.37. The van der Waals surface area contributed by atoms with Crippen molar-refractivity contribution in [3.8, 4) is 22.5 Å². The van der Waals surface area contributed by atoms with Gasteiger partial charge in [-0.3, -0.25) is 0 Å². The quantitative estimate of drug-likeness (QED) is 0.141. The molecule has 2 aromatic heterocycles. The molecule has 0 atom stereocenters. The van der Waals surface area contributed by atoms with Crippen molar-refractivity contribution in [1.82, 2.24) is 9.13 Å². The van der Waals surface area contributed by atoms with Crippen molar-refractivity contribution in [3.63, 3.8) is 0 Å². The molecule has 342 valence electrons. The Kier molecular flexibility index (Phi) is 9.58. The Bertz CT molecular complexity index is 3840. The summed E-state index contributed by atoms with van der Waals surface area (Å²) in [5.41, 5.74) is 13.9. The van der Waals surface area contributed by atoms with Crippen molar-refractivity contribution in [1.29, 1.82) is 0 Å². The Balaban J connectivity index is 0.944. The molecule has 0 unspecified atom stereocenters. The molecule has 0 N–H and O–H groups in total. The van der Waals surface area contributed by atoms with Crippen molar-refractivity contribution in [2.45, 2.75) is 19.3 Å². The third-order valence-corrected chi connectivity index (χ3v) is 14.3. The molecule has 4 nitrogen and oxygen atoms in total. The number of nitrogens with zero attached hydrogens (tertiary/aromatic N) is 4. The van der Waals surface area contributed by atoms with Gasteiger partial charge in [0, 0.05) is 84.6 Å². The van der Waals surface area contributed by atoms with Crippen LogP contribution in [-0.2, 0) is 5.41 Å². The maximum absolute atomic E-state index is 15.3. The normalized spacial score (nSPS) is 12.8. The van der Waals surface area contributed by atoms with E-state index in [0.717, 1.165) is 100.0 Å². The molecule has 0 saturated heterocycles. The minimum atomic E-state index is -0.942. The smallest absolute Gasteiger partial charge is 0.160 e. The van der Waals surface area contributed by atoms with E-state index in [2.05, 4.69) is 120 Å². The van der Waals surface area contributed by atoms with Crippen LogP contribution in [0.25, 0.3) is 66.1 Å². The standard InChI is InChI=1S/C63H42F4N4/c1-63(2)53-35-43(68(45-23-29-55(64)57(66)37-45)41-25-31-61-51(33-41)49-17-9-11-19-59(49)70(61)39-13-5-3-6-14-39)21-27-47(53)48-28-22-44(36-54(48)63)69(46-24-30-56(65)58(67)38-46)42-26-32-62-52(34-42)50-18-10-12-20-60(50)71(62)40-15-7-4-8-16-40/h3-38H,1-2H3. The number of hydrogen-bond acceptors (Lipinski definition) is 2. The van der Waals surface area contributed by atoms with Gasteiger partial charge in [0.05, 0.1) is 22.1 Å². The van der Waals surface area contributed by atoms with Crippen molar-refractivity contribution >= 4 is 77.7 Å². The number of hydrogen-bond donors (Lipinski definition) is 0. The molecule has 0 bridgehead atoms. The second-order valence-electron chi connectivity index (χ2n) is 18.7. The predicted molar refractivity (Wildman–Crippen MR) is 282 cm³/mol. The van der Waals surface area contributed by atoms with E-state index >= 15 is 8.78 Å². The lowest BCUT2D eigenvalue weighted by molar-refractivity contribution is 0.509. The fraction of sp³-hybridized carbons (Fsp3) is 0.0476. The molecular formula is C63H42F4N4. The Morgan fingerprint density at radius 3 is 1.07 bits per heavy atom. The Labute approximate surface area is 407 Å². The molecule has 12 aromatic rings. The first-order valence-corrected chi connectivity index (χ1v) is 23.6. The van der Waals surface area contributed by atoms with Crippen LogP contribution in [0.3, 0.4) is 0 Å². The molecule has 0 saturated carbocycles. The molecule has 0 spiro atoms. The summed E-state index contributed by atoms with van der Waals surface area (Å²) in [5, 5.41) is 4.16. The van der Waals surface area contributed by atoms with Crippen LogP contribution in [-0.4, -0.2) is 9.13 Å². The monoisotopic (exact) mass is 930 g/mol. The van der Waals surface area contributed by atoms with E-state index in [1.165, 1.54) is 24.3 Å². The predicted octanol–water partition coefficient (Wildman–Crippen LogP) is 17.7. The average Bonchev–Trinajstić information content (AvgIpc) is 3.99. The summed E-state index contributed by atoms with van der Waals surface area (Å²) in [6, 6.07) is 70.2. The van der Waals surface area contributed by atoms with Gasteiger partial charge in [-0.2, -0.15) is 0 Å². The van der Waals surface area contributed by atoms with Crippen molar-refractivity contribution in [3.05, 3.63) is 253 Å². The third kappa shape index (κ3) is 6.66. The van der Waals surface area contributed by atoms with Crippen LogP contribution in [0.4, 0.5) is 51.7 Å². The van der Waals surface area contributed by atoms with Gasteiger partial charge in [0.15, 0.2) is 23.3 Å². The zero-order chi connectivity index (χ0) is 48.1. The topological polar surface area (TPSA) is 16.3 Å². The highest BCUT2D eigenvalue weighted by molar-refractivity contribution is 6.12. The average molecular weight is 931 g/mol. The second-order valence-corrected chi connectivity index (χ2v) is 18.7. The zero-order valence-electron chi connectivity index (χ0n) is 38.6. The van der Waals surface area contributed by atoms with Crippen molar-refractivity contribution in [2.75, 3.05) is 9.80 Å². The largest absolute Gasteiger partial charge is 0.310 e. The van der Waals surface area contributed by atoms with Gasteiger partial charge in [-0.05, 0) is 144 Å². The molecule has 8 heteroatoms. The summed E-state index contributed by atoms with van der Waals surface area (Å²) in [5.74, 6) is -3.73. The van der Waals surface area contributed by atoms with E-state index in [1.54, 1.807) is 12.1 Å². The van der Waals surface area contributed by atoms with Gasteiger partial charge in [0.25, 0.3) is 0 Å². The lowest BCUT2D eigenvalue weighted by Gasteiger charge is -2.29. The maximum atomic E-state index is 15.3. The first kappa shape index (κ1) is 42.2. The van der Waals surface area contributed by atoms with Gasteiger partial charge in [0.1, 0.15) is 0 Å². The summed E-state index contributed by atoms with van der Waals surface area (Å²) in [6.07, 6.45) is 0. The summed E-state index contributed by atoms with van der Waals surface area (Å²) in [6.45, 7) is 4.37. The highest BCUT2D eigenvalue weighted by Crippen LogP contribution is 2.53. The van der Waals surface area contributed by atoms with Crippen LogP contribution >= 0.6 is 0 Å². The van der Waals surface area contributed by atoms with E-state index < -0.39 is 28.7 Å². The van der Waals surface area contributed by atoms with Crippen LogP contribution in [0.15, 0.2) is 218 Å². The number of rotatable bonds is 8. The van der Waals surface area contributed by atoms with E-state index in [4.69, 9.17) is 0 Å². The summed E-state index contributed by atoms with van der Waals surface area (Å²) >= 11 is 0. The van der Waals surface area contributed by atoms with Crippen LogP contribution in [0.2, 0.25) is 0 Å². The van der Waals surface area contributed by atoms with E-state index in [1.807, 2.05) is 94.7 Å². The lowest BCUT2D eigenvalue weighted by atomic mass is 9.82. The fourth-order valence-electron chi connectivity index (χ4n) is 11.0. The molecule has 0 radical (unpaired) electrons. The zero-order valence-corrected chi connectivity index (χ0v) is 38.6. The number of aromatic nitrogens is 2. The van der Waals surface area contributed by atoms with E-state index in [9.17, 15) is 8.78 Å². The van der Waals surface area contributed by atoms with E-state index in [0.29, 0.717) is 11.4 Å². The molecule has 1 aliphatic carbocycles. The summed E-state index contributed by atoms with van der Waals surface area (Å²) in [7, 11) is 0. The number of fused-ring (bicyclic) bond motifs is 9. The van der Waals surface area contributed by atoms with Gasteiger partial charge in [-0.1, -0.05) is 98.8 Å². The highest BCUT2D eigenvalue weighted by atomic mass is 19.2. The molecule has 71 heavy (non-hydrogen) atoms. The fourth-order valence-corrected chi connectivity index (χ4v) is 11.0. The molecule has 10 aromatic carbocycles. The second kappa shape index (κ2) is 16.1. The number of anilines is 6. The van der Waals surface area contributed by atoms with Crippen LogP contribution in [0.1, 0.15) is 25.0 Å². The molecule has 2 heterocycles. The van der Waals surface area contributed by atoms with Crippen molar-refractivity contribution < 1.29 is 17.6 Å². The number of para-hydroxylation sites is 4. The van der Waals surface area contributed by atoms with E-state index in [-0.39, 0.29) is 0 Å². The van der Waals surface area contributed by atoms with Gasteiger partial charge in [-0.15, -0.1) is 0 Å². The Morgan fingerprint density at radius 2 is 0.648 bits per heavy atom. The van der Waals surface area contributed by atoms with Crippen molar-refractivity contribution in [2.24, 2.45) is 0 Å². The molecule has 13 rings (SSSR count). The van der Waals surface area contributed by atoms with Crippen LogP contribution in [0, 0.1) is 23.3 Å². The van der Waals surface area contributed by atoms with Crippen LogP contribution < -0.4 is 9.80 Å². The Morgan fingerprint density at radius 1 is 0.310 bits per heavy atom. The van der Waals surface area contributed by atoms with Gasteiger partial charge in [-0.25, -0.2) is 17.6 Å². The summed E-state index contributed by atoms with van der Waals surface area (Å²) < 4.78 is 64.4. The molecule has 1 aliphatic rings. The summed E-state index contributed by atoms with van der Waals surface area (Å²) in [4.78, 5) is 3.97. The minimum Gasteiger partial charge on any atom is -0.310 e. The third-order valence-electron chi connectivity index (χ3n) is 14.3.